The Morgan fingerprint density at radius 2 is 2.20 bits per heavy atom. The van der Waals surface area contributed by atoms with Gasteiger partial charge in [-0.05, 0) is 0 Å². The van der Waals surface area contributed by atoms with E-state index in [2.05, 4.69) is 5.32 Å². The third-order valence-electron chi connectivity index (χ3n) is 0.789. The van der Waals surface area contributed by atoms with E-state index in [1.54, 1.807) is 0 Å². The van der Waals surface area contributed by atoms with Crippen molar-refractivity contribution in [3.05, 3.63) is 12.7 Å². The Balaban J connectivity index is 3.28. The standard InChI is InChI=1S/C6H8NO3/c1-2-5(8)7-4-3-6(9)10/h1-2H,3-4H2,(H,7,8)(H,9,10). The largest absolute Gasteiger partial charge is 0.481 e. The summed E-state index contributed by atoms with van der Waals surface area (Å²) < 4.78 is 0. The van der Waals surface area contributed by atoms with Crippen molar-refractivity contribution in [1.82, 2.24) is 5.32 Å². The maximum absolute atomic E-state index is 10.3. The average Bonchev–Trinajstić information content (AvgIpc) is 1.87. The number of carbonyl (C=O) groups excluding carboxylic acids is 1. The molecule has 0 aromatic rings. The van der Waals surface area contributed by atoms with Gasteiger partial charge in [0.2, 0.25) is 5.91 Å². The Bertz CT molecular complexity index is 153. The molecule has 0 aliphatic heterocycles. The first kappa shape index (κ1) is 8.68. The minimum atomic E-state index is -0.947. The molecule has 0 aliphatic rings. The molecule has 4 heteroatoms. The van der Waals surface area contributed by atoms with Crippen LogP contribution >= 0.6 is 0 Å². The normalized spacial score (nSPS) is 8.40. The van der Waals surface area contributed by atoms with E-state index in [0.29, 0.717) is 0 Å². The molecule has 0 saturated carbocycles. The van der Waals surface area contributed by atoms with Crippen molar-refractivity contribution in [2.75, 3.05) is 6.54 Å². The lowest BCUT2D eigenvalue weighted by Crippen LogP contribution is -2.23. The molecule has 0 bridgehead atoms. The van der Waals surface area contributed by atoms with Crippen LogP contribution in [0.2, 0.25) is 0 Å². The van der Waals surface area contributed by atoms with Crippen LogP contribution in [0.4, 0.5) is 0 Å². The summed E-state index contributed by atoms with van der Waals surface area (Å²) in [6.07, 6.45) is 0.765. The van der Waals surface area contributed by atoms with Gasteiger partial charge in [-0.1, -0.05) is 6.58 Å². The van der Waals surface area contributed by atoms with Crippen LogP contribution in [-0.4, -0.2) is 23.5 Å². The zero-order chi connectivity index (χ0) is 7.98. The van der Waals surface area contributed by atoms with Crippen molar-refractivity contribution in [3.63, 3.8) is 0 Å². The molecule has 0 spiro atoms. The number of hydrogen-bond donors (Lipinski definition) is 2. The number of carbonyl (C=O) groups is 2. The third-order valence-corrected chi connectivity index (χ3v) is 0.789. The minimum absolute atomic E-state index is 0.0838. The molecule has 1 radical (unpaired) electrons. The fourth-order valence-electron chi connectivity index (χ4n) is 0.352. The van der Waals surface area contributed by atoms with Gasteiger partial charge in [-0.3, -0.25) is 9.59 Å². The molecule has 0 heterocycles. The number of nitrogens with one attached hydrogen (secondary N) is 1. The van der Waals surface area contributed by atoms with E-state index in [1.807, 2.05) is 0 Å². The van der Waals surface area contributed by atoms with Crippen molar-refractivity contribution in [2.45, 2.75) is 6.42 Å². The number of hydrogen-bond acceptors (Lipinski definition) is 2. The topological polar surface area (TPSA) is 66.4 Å². The Kier molecular flexibility index (Phi) is 3.95. The highest BCUT2D eigenvalue weighted by atomic mass is 16.4. The van der Waals surface area contributed by atoms with Gasteiger partial charge in [0.1, 0.15) is 0 Å². The van der Waals surface area contributed by atoms with Crippen LogP contribution in [0.5, 0.6) is 0 Å². The van der Waals surface area contributed by atoms with E-state index < -0.39 is 11.9 Å². The predicted octanol–water partition coefficient (Wildman–Crippen LogP) is -0.434. The number of amides is 1. The quantitative estimate of drug-likeness (QED) is 0.523. The zero-order valence-corrected chi connectivity index (χ0v) is 5.33. The second kappa shape index (κ2) is 4.55. The summed E-state index contributed by atoms with van der Waals surface area (Å²) in [6, 6.07) is 0. The van der Waals surface area contributed by atoms with E-state index >= 15 is 0 Å². The molecule has 0 aromatic heterocycles. The third kappa shape index (κ3) is 4.83. The van der Waals surface area contributed by atoms with E-state index in [9.17, 15) is 9.59 Å². The monoisotopic (exact) mass is 142 g/mol. The van der Waals surface area contributed by atoms with Gasteiger partial charge in [0.15, 0.2) is 0 Å². The average molecular weight is 142 g/mol. The van der Waals surface area contributed by atoms with Crippen molar-refractivity contribution in [2.24, 2.45) is 0 Å². The van der Waals surface area contributed by atoms with Gasteiger partial charge < -0.3 is 10.4 Å². The summed E-state index contributed by atoms with van der Waals surface area (Å²) in [5.74, 6) is -1.40. The number of carboxylic acids is 1. The van der Waals surface area contributed by atoms with E-state index in [0.717, 1.165) is 6.08 Å². The first-order valence-corrected chi connectivity index (χ1v) is 2.71. The van der Waals surface area contributed by atoms with Gasteiger partial charge in [-0.25, -0.2) is 0 Å². The Morgan fingerprint density at radius 3 is 2.60 bits per heavy atom. The van der Waals surface area contributed by atoms with E-state index in [-0.39, 0.29) is 13.0 Å². The molecule has 10 heavy (non-hydrogen) atoms. The predicted molar refractivity (Wildman–Crippen MR) is 34.1 cm³/mol. The summed E-state index contributed by atoms with van der Waals surface area (Å²) >= 11 is 0. The van der Waals surface area contributed by atoms with Crippen LogP contribution < -0.4 is 5.32 Å². The molecule has 0 fully saturated rings. The van der Waals surface area contributed by atoms with Gasteiger partial charge >= 0.3 is 5.97 Å². The SMILES string of the molecule is [CH]=CC(=O)NCCC(=O)O. The molecule has 0 aromatic carbocycles. The number of rotatable bonds is 4. The molecule has 0 atom stereocenters. The number of carboxylic acid groups (broad SMARTS) is 1. The fourth-order valence-corrected chi connectivity index (χ4v) is 0.352. The minimum Gasteiger partial charge on any atom is -0.481 e. The molecular weight excluding hydrogens is 134 g/mol. The molecule has 4 nitrogen and oxygen atoms in total. The second-order valence-corrected chi connectivity index (χ2v) is 1.60. The first-order chi connectivity index (χ1) is 4.66. The Morgan fingerprint density at radius 1 is 1.60 bits per heavy atom. The molecule has 0 rings (SSSR count). The van der Waals surface area contributed by atoms with Crippen LogP contribution in [-0.2, 0) is 9.59 Å². The van der Waals surface area contributed by atoms with Crippen LogP contribution in [0.25, 0.3) is 0 Å². The fraction of sp³-hybridized carbons (Fsp3) is 0.333. The smallest absolute Gasteiger partial charge is 0.305 e. The first-order valence-electron chi connectivity index (χ1n) is 2.71. The summed E-state index contributed by atoms with van der Waals surface area (Å²) in [5.41, 5.74) is 0. The van der Waals surface area contributed by atoms with Gasteiger partial charge in [0.05, 0.1) is 6.42 Å². The second-order valence-electron chi connectivity index (χ2n) is 1.60. The van der Waals surface area contributed by atoms with E-state index in [4.69, 9.17) is 11.7 Å². The Labute approximate surface area is 58.5 Å². The highest BCUT2D eigenvalue weighted by molar-refractivity contribution is 5.86. The Hall–Kier alpha value is -1.32. The molecule has 0 unspecified atom stereocenters. The van der Waals surface area contributed by atoms with E-state index in [1.165, 1.54) is 0 Å². The van der Waals surface area contributed by atoms with Crippen molar-refractivity contribution in [3.8, 4) is 0 Å². The summed E-state index contributed by atoms with van der Waals surface area (Å²) in [5, 5.41) is 10.4. The van der Waals surface area contributed by atoms with Crippen LogP contribution in [0.3, 0.4) is 0 Å². The summed E-state index contributed by atoms with van der Waals surface area (Å²) in [6.45, 7) is 4.92. The highest BCUT2D eigenvalue weighted by Crippen LogP contribution is 1.75. The summed E-state index contributed by atoms with van der Waals surface area (Å²) in [7, 11) is 0. The van der Waals surface area contributed by atoms with Gasteiger partial charge in [0, 0.05) is 12.6 Å². The maximum atomic E-state index is 10.3. The molecule has 55 valence electrons. The van der Waals surface area contributed by atoms with Gasteiger partial charge in [-0.15, -0.1) is 0 Å². The zero-order valence-electron chi connectivity index (χ0n) is 5.33. The lowest BCUT2D eigenvalue weighted by Gasteiger charge is -1.96. The number of aliphatic carboxylic acids is 1. The van der Waals surface area contributed by atoms with Crippen LogP contribution in [0, 0.1) is 6.58 Å². The van der Waals surface area contributed by atoms with Crippen molar-refractivity contribution < 1.29 is 14.7 Å². The van der Waals surface area contributed by atoms with Crippen molar-refractivity contribution in [1.29, 1.82) is 0 Å². The van der Waals surface area contributed by atoms with Gasteiger partial charge in [-0.2, -0.15) is 0 Å². The lowest BCUT2D eigenvalue weighted by molar-refractivity contribution is -0.136. The van der Waals surface area contributed by atoms with Crippen LogP contribution in [0.15, 0.2) is 6.08 Å². The van der Waals surface area contributed by atoms with Crippen LogP contribution in [0.1, 0.15) is 6.42 Å². The molecule has 1 amide bonds. The summed E-state index contributed by atoms with van der Waals surface area (Å²) in [4.78, 5) is 20.2. The van der Waals surface area contributed by atoms with Gasteiger partial charge in [0.25, 0.3) is 0 Å². The molecular formula is C6H8NO3. The maximum Gasteiger partial charge on any atom is 0.305 e. The molecule has 0 saturated heterocycles. The molecule has 0 aliphatic carbocycles. The molecule has 2 N–H and O–H groups in total. The lowest BCUT2D eigenvalue weighted by atomic mass is 10.4. The van der Waals surface area contributed by atoms with Crippen molar-refractivity contribution >= 4 is 11.9 Å². The highest BCUT2D eigenvalue weighted by Gasteiger charge is 1.96.